The van der Waals surface area contributed by atoms with E-state index in [1.165, 1.54) is 0 Å². The van der Waals surface area contributed by atoms with Crippen molar-refractivity contribution in [3.05, 3.63) is 42.5 Å². The molecule has 0 aliphatic rings. The van der Waals surface area contributed by atoms with Crippen molar-refractivity contribution in [1.29, 1.82) is 0 Å². The third-order valence-electron chi connectivity index (χ3n) is 3.79. The molecule has 21 heavy (non-hydrogen) atoms. The van der Waals surface area contributed by atoms with E-state index in [4.69, 9.17) is 0 Å². The van der Waals surface area contributed by atoms with Gasteiger partial charge in [0, 0.05) is 30.0 Å². The lowest BCUT2D eigenvalue weighted by atomic mass is 9.86. The normalized spacial score (nSPS) is 13.4. The molecule has 0 amide bonds. The molecule has 1 N–H and O–H groups in total. The zero-order chi connectivity index (χ0) is 15.5. The van der Waals surface area contributed by atoms with E-state index in [1.807, 2.05) is 18.3 Å². The van der Waals surface area contributed by atoms with Gasteiger partial charge in [0.15, 0.2) is 0 Å². The summed E-state index contributed by atoms with van der Waals surface area (Å²) in [6.45, 7) is 5.48. The molecule has 4 nitrogen and oxygen atoms in total. The van der Waals surface area contributed by atoms with Crippen molar-refractivity contribution in [1.82, 2.24) is 14.8 Å². The monoisotopic (exact) mass is 294 g/mol. The molecule has 1 atom stereocenters. The van der Waals surface area contributed by atoms with Crippen LogP contribution in [0.3, 0.4) is 0 Å². The highest BCUT2D eigenvalue weighted by Crippen LogP contribution is 2.30. The molecule has 0 saturated carbocycles. The summed E-state index contributed by atoms with van der Waals surface area (Å²) in [5.41, 5.74) is 0.721. The van der Waals surface area contributed by atoms with Crippen LogP contribution in [0.5, 0.6) is 0 Å². The first kappa shape index (κ1) is 15.4. The summed E-state index contributed by atoms with van der Waals surface area (Å²) in [5, 5.41) is 7.33. The minimum Gasteiger partial charge on any atom is -0.379 e. The summed E-state index contributed by atoms with van der Waals surface area (Å²) >= 11 is 0. The average Bonchev–Trinajstić information content (AvgIpc) is 2.86. The van der Waals surface area contributed by atoms with Crippen LogP contribution < -0.4 is 5.32 Å². The van der Waals surface area contributed by atoms with Gasteiger partial charge in [0.2, 0.25) is 6.43 Å². The number of halogens is 2. The van der Waals surface area contributed by atoms with E-state index < -0.39 is 11.8 Å². The van der Waals surface area contributed by atoms with Crippen LogP contribution in [-0.2, 0) is 6.54 Å². The second-order valence-corrected chi connectivity index (χ2v) is 5.77. The second kappa shape index (κ2) is 6.20. The molecule has 2 aromatic rings. The molecule has 0 bridgehead atoms. The molecule has 1 unspecified atom stereocenters. The number of alkyl halides is 2. The quantitative estimate of drug-likeness (QED) is 0.887. The number of nitrogens with zero attached hydrogens (tertiary/aromatic N) is 3. The lowest BCUT2D eigenvalue weighted by Gasteiger charge is -2.31. The summed E-state index contributed by atoms with van der Waals surface area (Å²) in [6, 6.07) is 3.46. The average molecular weight is 294 g/mol. The first-order valence-electron chi connectivity index (χ1n) is 6.85. The van der Waals surface area contributed by atoms with Crippen LogP contribution in [0.1, 0.15) is 26.3 Å². The zero-order valence-corrected chi connectivity index (χ0v) is 12.4. The second-order valence-electron chi connectivity index (χ2n) is 5.77. The Hall–Kier alpha value is -1.98. The first-order chi connectivity index (χ1) is 9.89. The largest absolute Gasteiger partial charge is 0.379 e. The van der Waals surface area contributed by atoms with Gasteiger partial charge in [-0.1, -0.05) is 13.8 Å². The van der Waals surface area contributed by atoms with Gasteiger partial charge in [-0.15, -0.1) is 0 Å². The Morgan fingerprint density at radius 1 is 1.29 bits per heavy atom. The Labute approximate surface area is 123 Å². The fourth-order valence-electron chi connectivity index (χ4n) is 1.82. The molecule has 6 heteroatoms. The molecule has 0 aromatic carbocycles. The minimum atomic E-state index is -2.38. The highest BCUT2D eigenvalue weighted by Gasteiger charge is 2.35. The van der Waals surface area contributed by atoms with Gasteiger partial charge in [-0.25, -0.2) is 8.78 Å². The number of nitrogens with one attached hydrogen (secondary N) is 1. The number of hydrogen-bond acceptors (Lipinski definition) is 3. The van der Waals surface area contributed by atoms with Gasteiger partial charge >= 0.3 is 0 Å². The SMILES string of the molecule is CC(Nc1cnn(Cc2ccncc2)c1)C(C)(C)C(F)F. The summed E-state index contributed by atoms with van der Waals surface area (Å²) in [7, 11) is 0. The molecule has 0 saturated heterocycles. The lowest BCUT2D eigenvalue weighted by molar-refractivity contribution is 0.0105. The fraction of sp³-hybridized carbons (Fsp3) is 0.467. The molecule has 0 aliphatic carbocycles. The van der Waals surface area contributed by atoms with Crippen molar-refractivity contribution in [3.63, 3.8) is 0 Å². The molecule has 2 rings (SSSR count). The highest BCUT2D eigenvalue weighted by atomic mass is 19.3. The van der Waals surface area contributed by atoms with E-state index in [1.54, 1.807) is 44.0 Å². The van der Waals surface area contributed by atoms with Crippen molar-refractivity contribution >= 4 is 5.69 Å². The van der Waals surface area contributed by atoms with Crippen LogP contribution in [0.4, 0.5) is 14.5 Å². The Kier molecular flexibility index (Phi) is 4.55. The maximum atomic E-state index is 13.0. The molecule has 0 fully saturated rings. The van der Waals surface area contributed by atoms with Gasteiger partial charge in [0.25, 0.3) is 0 Å². The maximum absolute atomic E-state index is 13.0. The van der Waals surface area contributed by atoms with Gasteiger partial charge in [-0.2, -0.15) is 5.10 Å². The number of pyridine rings is 1. The minimum absolute atomic E-state index is 0.365. The summed E-state index contributed by atoms with van der Waals surface area (Å²) in [4.78, 5) is 3.96. The molecule has 114 valence electrons. The van der Waals surface area contributed by atoms with E-state index >= 15 is 0 Å². The van der Waals surface area contributed by atoms with Gasteiger partial charge in [-0.05, 0) is 24.6 Å². The van der Waals surface area contributed by atoms with E-state index in [-0.39, 0.29) is 6.04 Å². The number of anilines is 1. The maximum Gasteiger partial charge on any atom is 0.245 e. The van der Waals surface area contributed by atoms with Crippen molar-refractivity contribution in [3.8, 4) is 0 Å². The number of rotatable bonds is 6. The van der Waals surface area contributed by atoms with Crippen molar-refractivity contribution < 1.29 is 8.78 Å². The van der Waals surface area contributed by atoms with E-state index in [0.29, 0.717) is 6.54 Å². The van der Waals surface area contributed by atoms with Gasteiger partial charge < -0.3 is 5.32 Å². The van der Waals surface area contributed by atoms with E-state index in [0.717, 1.165) is 11.3 Å². The van der Waals surface area contributed by atoms with Crippen LogP contribution >= 0.6 is 0 Å². The third-order valence-corrected chi connectivity index (χ3v) is 3.79. The van der Waals surface area contributed by atoms with Gasteiger partial charge in [0.1, 0.15) is 0 Å². The van der Waals surface area contributed by atoms with Gasteiger partial charge in [-0.3, -0.25) is 9.67 Å². The molecule has 0 aliphatic heterocycles. The molecule has 0 radical (unpaired) electrons. The van der Waals surface area contributed by atoms with E-state index in [9.17, 15) is 8.78 Å². The van der Waals surface area contributed by atoms with Crippen LogP contribution in [0, 0.1) is 5.41 Å². The standard InChI is InChI=1S/C15H20F2N4/c1-11(15(2,3)14(16)17)20-13-8-19-21(10-13)9-12-4-6-18-7-5-12/h4-8,10-11,14,20H,9H2,1-3H3. The molecule has 0 spiro atoms. The van der Waals surface area contributed by atoms with Crippen LogP contribution in [0.25, 0.3) is 0 Å². The summed E-state index contributed by atoms with van der Waals surface area (Å²) in [6.07, 6.45) is 4.54. The van der Waals surface area contributed by atoms with E-state index in [2.05, 4.69) is 15.4 Å². The highest BCUT2D eigenvalue weighted by molar-refractivity contribution is 5.40. The lowest BCUT2D eigenvalue weighted by Crippen LogP contribution is -2.39. The fourth-order valence-corrected chi connectivity index (χ4v) is 1.82. The summed E-state index contributed by atoms with van der Waals surface area (Å²) in [5.74, 6) is 0. The Morgan fingerprint density at radius 3 is 2.57 bits per heavy atom. The van der Waals surface area contributed by atoms with Crippen LogP contribution in [0.15, 0.2) is 36.9 Å². The Bertz CT molecular complexity index is 566. The summed E-state index contributed by atoms with van der Waals surface area (Å²) < 4.78 is 27.7. The Morgan fingerprint density at radius 2 is 1.95 bits per heavy atom. The van der Waals surface area contributed by atoms with Crippen molar-refractivity contribution in [2.45, 2.75) is 39.8 Å². The third kappa shape index (κ3) is 3.77. The Balaban J connectivity index is 2.00. The zero-order valence-electron chi connectivity index (χ0n) is 12.4. The van der Waals surface area contributed by atoms with Crippen LogP contribution in [0.2, 0.25) is 0 Å². The molecule has 2 heterocycles. The number of hydrogen-bond donors (Lipinski definition) is 1. The molecule has 2 aromatic heterocycles. The predicted octanol–water partition coefficient (Wildman–Crippen LogP) is 3.42. The van der Waals surface area contributed by atoms with Gasteiger partial charge in [0.05, 0.1) is 18.4 Å². The smallest absolute Gasteiger partial charge is 0.245 e. The van der Waals surface area contributed by atoms with Crippen molar-refractivity contribution in [2.24, 2.45) is 5.41 Å². The number of aromatic nitrogens is 3. The van der Waals surface area contributed by atoms with Crippen LogP contribution in [-0.4, -0.2) is 27.2 Å². The molecular weight excluding hydrogens is 274 g/mol. The predicted molar refractivity (Wildman–Crippen MR) is 78.4 cm³/mol. The topological polar surface area (TPSA) is 42.7 Å². The molecular formula is C15H20F2N4. The first-order valence-corrected chi connectivity index (χ1v) is 6.85. The van der Waals surface area contributed by atoms with Crippen molar-refractivity contribution in [2.75, 3.05) is 5.32 Å².